The van der Waals surface area contributed by atoms with Crippen LogP contribution in [-0.2, 0) is 4.74 Å². The first-order chi connectivity index (χ1) is 12.6. The average molecular weight is 356 g/mol. The van der Waals surface area contributed by atoms with E-state index in [0.717, 1.165) is 19.4 Å². The summed E-state index contributed by atoms with van der Waals surface area (Å²) in [5.74, 6) is -0.207. The highest BCUT2D eigenvalue weighted by molar-refractivity contribution is 6.06. The Kier molecular flexibility index (Phi) is 7.08. The topological polar surface area (TPSA) is 84.4 Å². The van der Waals surface area contributed by atoms with Gasteiger partial charge in [-0.25, -0.2) is 14.8 Å². The summed E-state index contributed by atoms with van der Waals surface area (Å²) in [7, 11) is 1.94. The zero-order valence-electron chi connectivity index (χ0n) is 15.4. The summed E-state index contributed by atoms with van der Waals surface area (Å²) in [6, 6.07) is 6.69. The summed E-state index contributed by atoms with van der Waals surface area (Å²) in [6.45, 7) is 5.00. The molecule has 1 amide bonds. The van der Waals surface area contributed by atoms with Gasteiger partial charge in [0.05, 0.1) is 30.3 Å². The Morgan fingerprint density at radius 1 is 1.15 bits per heavy atom. The van der Waals surface area contributed by atoms with Crippen molar-refractivity contribution in [2.24, 2.45) is 0 Å². The van der Waals surface area contributed by atoms with Gasteiger partial charge in [0.25, 0.3) is 5.91 Å². The Bertz CT molecular complexity index is 747. The number of unbranched alkanes of at least 4 members (excludes halogenated alkanes) is 1. The summed E-state index contributed by atoms with van der Waals surface area (Å²) in [6.07, 6.45) is 5.16. The smallest absolute Gasteiger partial charge is 0.340 e. The predicted molar refractivity (Wildman–Crippen MR) is 101 cm³/mol. The molecule has 0 radical (unpaired) electrons. The quantitative estimate of drug-likeness (QED) is 0.732. The lowest BCUT2D eigenvalue weighted by molar-refractivity contribution is 0.0527. The van der Waals surface area contributed by atoms with Gasteiger partial charge < -0.3 is 15.0 Å². The molecule has 1 heterocycles. The molecule has 2 rings (SSSR count). The highest BCUT2D eigenvalue weighted by Gasteiger charge is 2.16. The second kappa shape index (κ2) is 9.50. The van der Waals surface area contributed by atoms with E-state index in [0.29, 0.717) is 17.1 Å². The van der Waals surface area contributed by atoms with Crippen molar-refractivity contribution in [3.8, 4) is 0 Å². The van der Waals surface area contributed by atoms with Crippen molar-refractivity contribution in [1.29, 1.82) is 0 Å². The number of benzene rings is 1. The van der Waals surface area contributed by atoms with Gasteiger partial charge in [-0.2, -0.15) is 0 Å². The standard InChI is InChI=1S/C19H24N4O3/c1-4-6-11-23(3)17-13-20-16(12-21-17)18(24)22-15-10-8-7-9-14(15)19(25)26-5-2/h7-10,12-13H,4-6,11H2,1-3H3,(H,22,24). The lowest BCUT2D eigenvalue weighted by atomic mass is 10.1. The molecule has 0 saturated heterocycles. The van der Waals surface area contributed by atoms with Crippen molar-refractivity contribution in [2.45, 2.75) is 26.7 Å². The number of hydrogen-bond acceptors (Lipinski definition) is 6. The number of carbonyl (C=O) groups excluding carboxylic acids is 2. The highest BCUT2D eigenvalue weighted by atomic mass is 16.5. The minimum Gasteiger partial charge on any atom is -0.462 e. The number of amides is 1. The first kappa shape index (κ1) is 19.4. The molecule has 2 aromatic rings. The van der Waals surface area contributed by atoms with Crippen LogP contribution in [0.4, 0.5) is 11.5 Å². The molecule has 0 saturated carbocycles. The fraction of sp³-hybridized carbons (Fsp3) is 0.368. The van der Waals surface area contributed by atoms with Gasteiger partial charge in [-0.3, -0.25) is 4.79 Å². The third-order valence-corrected chi connectivity index (χ3v) is 3.78. The van der Waals surface area contributed by atoms with Crippen LogP contribution in [0.3, 0.4) is 0 Å². The molecule has 0 atom stereocenters. The van der Waals surface area contributed by atoms with Crippen LogP contribution in [0.15, 0.2) is 36.7 Å². The third-order valence-electron chi connectivity index (χ3n) is 3.78. The van der Waals surface area contributed by atoms with Crippen molar-refractivity contribution in [2.75, 3.05) is 30.4 Å². The van der Waals surface area contributed by atoms with Crippen molar-refractivity contribution in [1.82, 2.24) is 9.97 Å². The lowest BCUT2D eigenvalue weighted by Crippen LogP contribution is -2.21. The maximum absolute atomic E-state index is 12.4. The summed E-state index contributed by atoms with van der Waals surface area (Å²) in [5, 5.41) is 2.69. The molecule has 0 unspecified atom stereocenters. The summed E-state index contributed by atoms with van der Waals surface area (Å²) >= 11 is 0. The number of anilines is 2. The first-order valence-electron chi connectivity index (χ1n) is 8.67. The molecule has 0 aliphatic heterocycles. The van der Waals surface area contributed by atoms with Gasteiger partial charge in [-0.1, -0.05) is 25.5 Å². The largest absolute Gasteiger partial charge is 0.462 e. The molecular weight excluding hydrogens is 332 g/mol. The molecule has 7 nitrogen and oxygen atoms in total. The molecule has 0 fully saturated rings. The predicted octanol–water partition coefficient (Wildman–Crippen LogP) is 3.14. The van der Waals surface area contributed by atoms with Gasteiger partial charge in [-0.15, -0.1) is 0 Å². The number of hydrogen-bond donors (Lipinski definition) is 1. The van der Waals surface area contributed by atoms with Gasteiger partial charge in [0, 0.05) is 13.6 Å². The Morgan fingerprint density at radius 3 is 2.58 bits per heavy atom. The van der Waals surface area contributed by atoms with Crippen LogP contribution in [0.1, 0.15) is 47.5 Å². The summed E-state index contributed by atoms with van der Waals surface area (Å²) in [4.78, 5) is 34.9. The average Bonchev–Trinajstić information content (AvgIpc) is 2.66. The minimum atomic E-state index is -0.484. The molecule has 0 aliphatic carbocycles. The van der Waals surface area contributed by atoms with Crippen LogP contribution in [0, 0.1) is 0 Å². The van der Waals surface area contributed by atoms with Crippen LogP contribution in [-0.4, -0.2) is 42.0 Å². The van der Waals surface area contributed by atoms with E-state index in [1.807, 2.05) is 11.9 Å². The fourth-order valence-electron chi connectivity index (χ4n) is 2.31. The monoisotopic (exact) mass is 356 g/mol. The molecule has 7 heteroatoms. The first-order valence-corrected chi connectivity index (χ1v) is 8.67. The lowest BCUT2D eigenvalue weighted by Gasteiger charge is -2.17. The maximum atomic E-state index is 12.4. The minimum absolute atomic E-state index is 0.177. The van der Waals surface area contributed by atoms with Gasteiger partial charge in [0.2, 0.25) is 0 Å². The fourth-order valence-corrected chi connectivity index (χ4v) is 2.31. The second-order valence-electron chi connectivity index (χ2n) is 5.76. The van der Waals surface area contributed by atoms with E-state index >= 15 is 0 Å². The van der Waals surface area contributed by atoms with E-state index in [2.05, 4.69) is 22.2 Å². The molecule has 1 aromatic heterocycles. The summed E-state index contributed by atoms with van der Waals surface area (Å²) in [5.41, 5.74) is 0.852. The SMILES string of the molecule is CCCCN(C)c1cnc(C(=O)Nc2ccccc2C(=O)OCC)cn1. The zero-order valence-corrected chi connectivity index (χ0v) is 15.4. The number of nitrogens with one attached hydrogen (secondary N) is 1. The maximum Gasteiger partial charge on any atom is 0.340 e. The van der Waals surface area contributed by atoms with Gasteiger partial charge >= 0.3 is 5.97 Å². The van der Waals surface area contributed by atoms with Gasteiger partial charge in [0.15, 0.2) is 0 Å². The Hall–Kier alpha value is -2.96. The van der Waals surface area contributed by atoms with Crippen molar-refractivity contribution in [3.63, 3.8) is 0 Å². The van der Waals surface area contributed by atoms with Crippen LogP contribution in [0.5, 0.6) is 0 Å². The summed E-state index contributed by atoms with van der Waals surface area (Å²) < 4.78 is 5.01. The highest BCUT2D eigenvalue weighted by Crippen LogP contribution is 2.17. The van der Waals surface area contributed by atoms with Crippen LogP contribution < -0.4 is 10.2 Å². The van der Waals surface area contributed by atoms with E-state index in [9.17, 15) is 9.59 Å². The molecule has 0 spiro atoms. The van der Waals surface area contributed by atoms with E-state index < -0.39 is 11.9 Å². The number of carbonyl (C=O) groups is 2. The van der Waals surface area contributed by atoms with E-state index in [4.69, 9.17) is 4.74 Å². The van der Waals surface area contributed by atoms with E-state index in [-0.39, 0.29) is 12.3 Å². The van der Waals surface area contributed by atoms with Gasteiger partial charge in [-0.05, 0) is 25.5 Å². The van der Waals surface area contributed by atoms with Gasteiger partial charge in [0.1, 0.15) is 11.5 Å². The molecule has 0 bridgehead atoms. The van der Waals surface area contributed by atoms with Crippen molar-refractivity contribution < 1.29 is 14.3 Å². The van der Waals surface area contributed by atoms with Crippen LogP contribution in [0.25, 0.3) is 0 Å². The number of para-hydroxylation sites is 1. The third kappa shape index (κ3) is 5.02. The second-order valence-corrected chi connectivity index (χ2v) is 5.76. The molecule has 1 aromatic carbocycles. The number of ether oxygens (including phenoxy) is 1. The number of rotatable bonds is 8. The molecule has 26 heavy (non-hydrogen) atoms. The Balaban J connectivity index is 2.10. The number of esters is 1. The van der Waals surface area contributed by atoms with Crippen LogP contribution in [0.2, 0.25) is 0 Å². The zero-order chi connectivity index (χ0) is 18.9. The number of aromatic nitrogens is 2. The Labute approximate surface area is 153 Å². The molecule has 0 aliphatic rings. The van der Waals surface area contributed by atoms with E-state index in [1.54, 1.807) is 37.4 Å². The molecular formula is C19H24N4O3. The van der Waals surface area contributed by atoms with E-state index in [1.165, 1.54) is 6.20 Å². The molecule has 138 valence electrons. The molecule has 1 N–H and O–H groups in total. The van der Waals surface area contributed by atoms with Crippen LogP contribution >= 0.6 is 0 Å². The van der Waals surface area contributed by atoms with Crippen molar-refractivity contribution in [3.05, 3.63) is 47.9 Å². The Morgan fingerprint density at radius 2 is 1.92 bits per heavy atom. The number of nitrogens with zero attached hydrogens (tertiary/aromatic N) is 3. The normalized spacial score (nSPS) is 10.3. The van der Waals surface area contributed by atoms with Crippen molar-refractivity contribution >= 4 is 23.4 Å².